The molecule has 2 aliphatic rings. The number of fused-ring (bicyclic) bond motifs is 1. The molecule has 33 heavy (non-hydrogen) atoms. The maximum absolute atomic E-state index is 13.2. The van der Waals surface area contributed by atoms with E-state index >= 15 is 0 Å². The van der Waals surface area contributed by atoms with Crippen LogP contribution in [0.1, 0.15) is 66.2 Å². The minimum Gasteiger partial charge on any atom is -0.350 e. The Morgan fingerprint density at radius 1 is 1.09 bits per heavy atom. The molecule has 174 valence electrons. The van der Waals surface area contributed by atoms with Gasteiger partial charge in [-0.1, -0.05) is 62.1 Å². The van der Waals surface area contributed by atoms with Crippen molar-refractivity contribution in [3.63, 3.8) is 0 Å². The van der Waals surface area contributed by atoms with Crippen LogP contribution < -0.4 is 11.1 Å². The predicted octanol–water partition coefficient (Wildman–Crippen LogP) is 3.96. The number of hydrogen-bond donors (Lipinski definition) is 2. The first-order valence-electron chi connectivity index (χ1n) is 12.4. The summed E-state index contributed by atoms with van der Waals surface area (Å²) in [6.45, 7) is 3.34. The van der Waals surface area contributed by atoms with E-state index in [1.54, 1.807) is 0 Å². The van der Waals surface area contributed by atoms with E-state index in [0.29, 0.717) is 18.2 Å². The SMILES string of the molecule is NC1CCN(Cc2cn3c(C(=O)NCC(CC4CCCC4)c4ccccc4)cccc3n2)C1. The van der Waals surface area contributed by atoms with E-state index < -0.39 is 0 Å². The number of nitrogens with one attached hydrogen (secondary N) is 1. The number of nitrogens with two attached hydrogens (primary N) is 1. The maximum Gasteiger partial charge on any atom is 0.268 e. The molecule has 1 saturated carbocycles. The third kappa shape index (κ3) is 5.28. The minimum absolute atomic E-state index is 0.0416. The predicted molar refractivity (Wildman–Crippen MR) is 131 cm³/mol. The summed E-state index contributed by atoms with van der Waals surface area (Å²) in [6.07, 6.45) is 9.49. The molecule has 0 radical (unpaired) electrons. The van der Waals surface area contributed by atoms with Crippen LogP contribution in [-0.4, -0.2) is 45.9 Å². The van der Waals surface area contributed by atoms with Crippen molar-refractivity contribution in [1.29, 1.82) is 0 Å². The molecule has 2 fully saturated rings. The standard InChI is InChI=1S/C27H35N5O/c28-23-13-14-31(17-23)18-24-19-32-25(11-6-12-26(32)30-24)27(33)29-16-22(15-20-7-4-5-8-20)21-9-2-1-3-10-21/h1-3,6,9-12,19-20,22-23H,4-5,7-8,13-18,28H2,(H,29,33). The number of likely N-dealkylation sites (tertiary alicyclic amines) is 1. The van der Waals surface area contributed by atoms with Crippen LogP contribution in [0.15, 0.2) is 54.7 Å². The lowest BCUT2D eigenvalue weighted by atomic mass is 9.88. The zero-order chi connectivity index (χ0) is 22.6. The highest BCUT2D eigenvalue weighted by Crippen LogP contribution is 2.34. The monoisotopic (exact) mass is 445 g/mol. The summed E-state index contributed by atoms with van der Waals surface area (Å²) in [5.41, 5.74) is 9.79. The number of rotatable bonds is 8. The average molecular weight is 446 g/mol. The largest absolute Gasteiger partial charge is 0.350 e. The number of benzene rings is 1. The first kappa shape index (κ1) is 22.1. The van der Waals surface area contributed by atoms with Crippen LogP contribution in [0.4, 0.5) is 0 Å². The second kappa shape index (κ2) is 10.1. The van der Waals surface area contributed by atoms with E-state index in [9.17, 15) is 4.79 Å². The van der Waals surface area contributed by atoms with E-state index in [-0.39, 0.29) is 11.9 Å². The first-order chi connectivity index (χ1) is 16.2. The molecule has 6 nitrogen and oxygen atoms in total. The molecule has 3 aromatic rings. The Hall–Kier alpha value is -2.70. The van der Waals surface area contributed by atoms with Crippen LogP contribution in [0.3, 0.4) is 0 Å². The van der Waals surface area contributed by atoms with Crippen molar-refractivity contribution >= 4 is 11.6 Å². The molecule has 1 amide bonds. The first-order valence-corrected chi connectivity index (χ1v) is 12.4. The Morgan fingerprint density at radius 3 is 2.67 bits per heavy atom. The third-order valence-electron chi connectivity index (χ3n) is 7.34. The summed E-state index contributed by atoms with van der Waals surface area (Å²) in [4.78, 5) is 20.3. The Balaban J connectivity index is 1.29. The van der Waals surface area contributed by atoms with Gasteiger partial charge in [-0.15, -0.1) is 0 Å². The van der Waals surface area contributed by atoms with Crippen LogP contribution in [0, 0.1) is 5.92 Å². The van der Waals surface area contributed by atoms with Gasteiger partial charge in [0.25, 0.3) is 5.91 Å². The lowest BCUT2D eigenvalue weighted by Crippen LogP contribution is -2.30. The minimum atomic E-state index is -0.0416. The van der Waals surface area contributed by atoms with E-state index in [4.69, 9.17) is 10.7 Å². The number of carbonyl (C=O) groups is 1. The van der Waals surface area contributed by atoms with Gasteiger partial charge in [0.2, 0.25) is 0 Å². The van der Waals surface area contributed by atoms with Gasteiger partial charge in [-0.25, -0.2) is 4.98 Å². The lowest BCUT2D eigenvalue weighted by molar-refractivity contribution is 0.0943. The van der Waals surface area contributed by atoms with Gasteiger partial charge in [0, 0.05) is 44.3 Å². The number of hydrogen-bond acceptors (Lipinski definition) is 4. The molecule has 3 heterocycles. The number of nitrogens with zero attached hydrogens (tertiary/aromatic N) is 3. The van der Waals surface area contributed by atoms with Gasteiger partial charge >= 0.3 is 0 Å². The number of pyridine rings is 1. The van der Waals surface area contributed by atoms with Crippen LogP contribution in [0.5, 0.6) is 0 Å². The lowest BCUT2D eigenvalue weighted by Gasteiger charge is -2.22. The second-order valence-electron chi connectivity index (χ2n) is 9.86. The summed E-state index contributed by atoms with van der Waals surface area (Å²) >= 11 is 0. The van der Waals surface area contributed by atoms with Crippen molar-refractivity contribution in [1.82, 2.24) is 19.6 Å². The fourth-order valence-corrected chi connectivity index (χ4v) is 5.58. The molecule has 5 rings (SSSR count). The quantitative estimate of drug-likeness (QED) is 0.550. The summed E-state index contributed by atoms with van der Waals surface area (Å²) in [5.74, 6) is 1.07. The normalized spacial score (nSPS) is 20.5. The van der Waals surface area contributed by atoms with Gasteiger partial charge in [-0.3, -0.25) is 14.1 Å². The third-order valence-corrected chi connectivity index (χ3v) is 7.34. The van der Waals surface area contributed by atoms with Crippen LogP contribution >= 0.6 is 0 Å². The van der Waals surface area contributed by atoms with Crippen molar-refractivity contribution < 1.29 is 4.79 Å². The number of amides is 1. The molecule has 0 bridgehead atoms. The van der Waals surface area contributed by atoms with E-state index in [1.165, 1.54) is 31.2 Å². The number of aromatic nitrogens is 2. The van der Waals surface area contributed by atoms with Crippen molar-refractivity contribution in [3.05, 3.63) is 71.7 Å². The maximum atomic E-state index is 13.2. The van der Waals surface area contributed by atoms with E-state index in [0.717, 1.165) is 49.7 Å². The Kier molecular flexibility index (Phi) is 6.74. The average Bonchev–Trinajstić information content (AvgIpc) is 3.58. The molecular formula is C27H35N5O. The van der Waals surface area contributed by atoms with E-state index in [2.05, 4.69) is 40.5 Å². The Labute approximate surface area is 196 Å². The fourth-order valence-electron chi connectivity index (χ4n) is 5.58. The molecule has 0 spiro atoms. The molecule has 6 heteroatoms. The molecular weight excluding hydrogens is 410 g/mol. The molecule has 1 saturated heterocycles. The highest BCUT2D eigenvalue weighted by Gasteiger charge is 2.23. The van der Waals surface area contributed by atoms with Crippen LogP contribution in [0.25, 0.3) is 5.65 Å². The smallest absolute Gasteiger partial charge is 0.268 e. The molecule has 1 aliphatic carbocycles. The number of imidazole rings is 1. The molecule has 2 aromatic heterocycles. The second-order valence-corrected chi connectivity index (χ2v) is 9.86. The van der Waals surface area contributed by atoms with Gasteiger partial charge in [-0.2, -0.15) is 0 Å². The summed E-state index contributed by atoms with van der Waals surface area (Å²) in [7, 11) is 0. The highest BCUT2D eigenvalue weighted by molar-refractivity contribution is 5.93. The molecule has 2 atom stereocenters. The van der Waals surface area contributed by atoms with E-state index in [1.807, 2.05) is 28.8 Å². The fraction of sp³-hybridized carbons (Fsp3) is 0.481. The Bertz CT molecular complexity index is 1070. The van der Waals surface area contributed by atoms with Crippen molar-refractivity contribution in [2.24, 2.45) is 11.7 Å². The van der Waals surface area contributed by atoms with Gasteiger partial charge in [-0.05, 0) is 36.5 Å². The van der Waals surface area contributed by atoms with Gasteiger partial charge in [0.1, 0.15) is 11.3 Å². The zero-order valence-corrected chi connectivity index (χ0v) is 19.3. The number of carbonyl (C=O) groups excluding carboxylic acids is 1. The van der Waals surface area contributed by atoms with Gasteiger partial charge < -0.3 is 11.1 Å². The van der Waals surface area contributed by atoms with Gasteiger partial charge in [0.05, 0.1) is 5.69 Å². The van der Waals surface area contributed by atoms with Crippen LogP contribution in [0.2, 0.25) is 0 Å². The topological polar surface area (TPSA) is 75.7 Å². The molecule has 2 unspecified atom stereocenters. The molecule has 1 aromatic carbocycles. The summed E-state index contributed by atoms with van der Waals surface area (Å²) in [6, 6.07) is 16.7. The zero-order valence-electron chi connectivity index (χ0n) is 19.3. The molecule has 1 aliphatic heterocycles. The molecule has 3 N–H and O–H groups in total. The summed E-state index contributed by atoms with van der Waals surface area (Å²) < 4.78 is 1.93. The van der Waals surface area contributed by atoms with Gasteiger partial charge in [0.15, 0.2) is 0 Å². The summed E-state index contributed by atoms with van der Waals surface area (Å²) in [5, 5.41) is 3.24. The van der Waals surface area contributed by atoms with Crippen LogP contribution in [-0.2, 0) is 6.54 Å². The van der Waals surface area contributed by atoms with Crippen molar-refractivity contribution in [2.75, 3.05) is 19.6 Å². The highest BCUT2D eigenvalue weighted by atomic mass is 16.1. The van der Waals surface area contributed by atoms with Crippen molar-refractivity contribution in [3.8, 4) is 0 Å². The van der Waals surface area contributed by atoms with Crippen molar-refractivity contribution in [2.45, 2.75) is 57.0 Å². The Morgan fingerprint density at radius 2 is 1.91 bits per heavy atom.